The van der Waals surface area contributed by atoms with Crippen molar-refractivity contribution in [2.75, 3.05) is 12.8 Å². The zero-order valence-corrected chi connectivity index (χ0v) is 12.8. The Morgan fingerprint density at radius 2 is 2.05 bits per heavy atom. The van der Waals surface area contributed by atoms with Crippen molar-refractivity contribution < 1.29 is 18.7 Å². The third-order valence-corrected chi connectivity index (χ3v) is 3.07. The lowest BCUT2D eigenvalue weighted by atomic mass is 10.3. The summed E-state index contributed by atoms with van der Waals surface area (Å²) in [5.41, 5.74) is 6.46. The largest absolute Gasteiger partial charge is 0.463 e. The van der Waals surface area contributed by atoms with Gasteiger partial charge < -0.3 is 15.2 Å². The van der Waals surface area contributed by atoms with Crippen molar-refractivity contribution in [2.45, 2.75) is 6.92 Å². The van der Waals surface area contributed by atoms with E-state index in [4.69, 9.17) is 10.5 Å². The average molecular weight is 356 g/mol. The first-order valence-corrected chi connectivity index (χ1v) is 6.56. The fraction of sp³-hybridized carbons (Fsp3) is 0.154. The standard InChI is InChI=1S/C13H11BrFN3O3/c1-6-3-11(18-12(17-6)13(19)20-2)21-10-5-8(15)7(14)4-9(10)16/h3-5H,16H2,1-2H3. The predicted molar refractivity (Wildman–Crippen MR) is 76.7 cm³/mol. The number of carbonyl (C=O) groups excluding carboxylic acids is 1. The molecule has 6 nitrogen and oxygen atoms in total. The maximum Gasteiger partial charge on any atom is 0.376 e. The summed E-state index contributed by atoms with van der Waals surface area (Å²) in [5.74, 6) is -1.22. The number of nitrogens with zero attached hydrogens (tertiary/aromatic N) is 2. The van der Waals surface area contributed by atoms with Crippen molar-refractivity contribution in [3.8, 4) is 11.6 Å². The summed E-state index contributed by atoms with van der Waals surface area (Å²) in [6, 6.07) is 3.99. The van der Waals surface area contributed by atoms with Crippen LogP contribution in [0.5, 0.6) is 11.6 Å². The molecule has 0 unspecified atom stereocenters. The number of aryl methyl sites for hydroxylation is 1. The van der Waals surface area contributed by atoms with Crippen LogP contribution in [0.3, 0.4) is 0 Å². The maximum absolute atomic E-state index is 13.5. The molecule has 0 saturated carbocycles. The zero-order valence-electron chi connectivity index (χ0n) is 11.2. The maximum atomic E-state index is 13.5. The molecule has 1 aromatic heterocycles. The van der Waals surface area contributed by atoms with Crippen molar-refractivity contribution >= 4 is 27.6 Å². The van der Waals surface area contributed by atoms with Crippen LogP contribution in [0.4, 0.5) is 10.1 Å². The van der Waals surface area contributed by atoms with Gasteiger partial charge in [-0.3, -0.25) is 0 Å². The summed E-state index contributed by atoms with van der Waals surface area (Å²) < 4.78 is 23.7. The number of methoxy groups -OCH3 is 1. The van der Waals surface area contributed by atoms with Crippen molar-refractivity contribution in [2.24, 2.45) is 0 Å². The van der Waals surface area contributed by atoms with Crippen molar-refractivity contribution in [1.29, 1.82) is 0 Å². The van der Waals surface area contributed by atoms with Crippen LogP contribution in [0.25, 0.3) is 0 Å². The third kappa shape index (κ3) is 3.46. The number of nitrogen functional groups attached to an aromatic ring is 1. The van der Waals surface area contributed by atoms with Crippen molar-refractivity contribution in [1.82, 2.24) is 9.97 Å². The first-order valence-electron chi connectivity index (χ1n) is 5.77. The molecule has 0 atom stereocenters. The van der Waals surface area contributed by atoms with Gasteiger partial charge in [0.05, 0.1) is 17.3 Å². The van der Waals surface area contributed by atoms with E-state index in [2.05, 4.69) is 30.6 Å². The number of anilines is 1. The monoisotopic (exact) mass is 355 g/mol. The van der Waals surface area contributed by atoms with E-state index in [1.165, 1.54) is 19.2 Å². The van der Waals surface area contributed by atoms with Crippen molar-refractivity contribution in [3.63, 3.8) is 0 Å². The van der Waals surface area contributed by atoms with E-state index < -0.39 is 11.8 Å². The summed E-state index contributed by atoms with van der Waals surface area (Å²) >= 11 is 3.02. The third-order valence-electron chi connectivity index (χ3n) is 2.47. The van der Waals surface area contributed by atoms with Gasteiger partial charge in [0.15, 0.2) is 5.75 Å². The summed E-state index contributed by atoms with van der Waals surface area (Å²) in [5, 5.41) is 0. The number of hydrogen-bond donors (Lipinski definition) is 1. The van der Waals surface area contributed by atoms with Gasteiger partial charge in [0.2, 0.25) is 11.7 Å². The molecule has 21 heavy (non-hydrogen) atoms. The van der Waals surface area contributed by atoms with Gasteiger partial charge >= 0.3 is 5.97 Å². The molecule has 0 aliphatic heterocycles. The van der Waals surface area contributed by atoms with E-state index in [0.717, 1.165) is 6.07 Å². The zero-order chi connectivity index (χ0) is 15.6. The summed E-state index contributed by atoms with van der Waals surface area (Å²) in [4.78, 5) is 19.3. The van der Waals surface area contributed by atoms with Crippen LogP contribution < -0.4 is 10.5 Å². The quantitative estimate of drug-likeness (QED) is 0.672. The Bertz CT molecular complexity index is 709. The molecule has 0 fully saturated rings. The first kappa shape index (κ1) is 15.2. The van der Waals surface area contributed by atoms with Gasteiger partial charge in [-0.25, -0.2) is 14.2 Å². The molecule has 8 heteroatoms. The normalized spacial score (nSPS) is 10.3. The van der Waals surface area contributed by atoms with E-state index in [-0.39, 0.29) is 27.6 Å². The second-order valence-corrected chi connectivity index (χ2v) is 4.92. The van der Waals surface area contributed by atoms with Crippen molar-refractivity contribution in [3.05, 3.63) is 40.0 Å². The first-order chi connectivity index (χ1) is 9.90. The van der Waals surface area contributed by atoms with Crippen LogP contribution in [0.15, 0.2) is 22.7 Å². The second-order valence-electron chi connectivity index (χ2n) is 4.07. The number of carbonyl (C=O) groups is 1. The molecular formula is C13H11BrFN3O3. The molecule has 2 aromatic rings. The van der Waals surface area contributed by atoms with E-state index >= 15 is 0 Å². The van der Waals surface area contributed by atoms with E-state index in [0.29, 0.717) is 5.69 Å². The average Bonchev–Trinajstić information content (AvgIpc) is 2.43. The fourth-order valence-corrected chi connectivity index (χ4v) is 1.88. The Kier molecular flexibility index (Phi) is 4.37. The lowest BCUT2D eigenvalue weighted by Gasteiger charge is -2.10. The smallest absolute Gasteiger partial charge is 0.376 e. The number of benzene rings is 1. The molecular weight excluding hydrogens is 345 g/mol. The van der Waals surface area contributed by atoms with Crippen LogP contribution in [0.1, 0.15) is 16.3 Å². The highest BCUT2D eigenvalue weighted by atomic mass is 79.9. The van der Waals surface area contributed by atoms with Crippen LogP contribution >= 0.6 is 15.9 Å². The molecule has 0 spiro atoms. The lowest BCUT2D eigenvalue weighted by Crippen LogP contribution is -2.09. The molecule has 110 valence electrons. The lowest BCUT2D eigenvalue weighted by molar-refractivity contribution is 0.0585. The number of ether oxygens (including phenoxy) is 2. The molecule has 1 heterocycles. The summed E-state index contributed by atoms with van der Waals surface area (Å²) in [6.07, 6.45) is 0. The highest BCUT2D eigenvalue weighted by Gasteiger charge is 2.14. The molecule has 2 rings (SSSR count). The van der Waals surface area contributed by atoms with Gasteiger partial charge in [-0.1, -0.05) is 0 Å². The second kappa shape index (κ2) is 6.04. The van der Waals surface area contributed by atoms with Gasteiger partial charge in [-0.15, -0.1) is 0 Å². The number of rotatable bonds is 3. The highest BCUT2D eigenvalue weighted by molar-refractivity contribution is 9.10. The number of halogens is 2. The Morgan fingerprint density at radius 3 is 2.71 bits per heavy atom. The number of esters is 1. The molecule has 0 amide bonds. The number of nitrogens with two attached hydrogens (primary N) is 1. The Labute approximate surface area is 128 Å². The minimum absolute atomic E-state index is 0.0660. The van der Waals surface area contributed by atoms with Gasteiger partial charge in [0.1, 0.15) is 5.82 Å². The summed E-state index contributed by atoms with van der Waals surface area (Å²) in [7, 11) is 1.22. The minimum Gasteiger partial charge on any atom is -0.463 e. The topological polar surface area (TPSA) is 87.3 Å². The highest BCUT2D eigenvalue weighted by Crippen LogP contribution is 2.31. The fourth-order valence-electron chi connectivity index (χ4n) is 1.52. The van der Waals surface area contributed by atoms with Crippen LogP contribution in [0.2, 0.25) is 0 Å². The van der Waals surface area contributed by atoms with Crippen LogP contribution in [0, 0.1) is 12.7 Å². The molecule has 2 N–H and O–H groups in total. The molecule has 0 radical (unpaired) electrons. The molecule has 0 aliphatic rings. The van der Waals surface area contributed by atoms with E-state index in [9.17, 15) is 9.18 Å². The Balaban J connectivity index is 2.38. The van der Waals surface area contributed by atoms with Gasteiger partial charge in [-0.2, -0.15) is 4.98 Å². The molecule has 0 bridgehead atoms. The van der Waals surface area contributed by atoms with Crippen LogP contribution in [-0.2, 0) is 4.74 Å². The molecule has 0 aliphatic carbocycles. The van der Waals surface area contributed by atoms with E-state index in [1.54, 1.807) is 6.92 Å². The summed E-state index contributed by atoms with van der Waals surface area (Å²) in [6.45, 7) is 1.66. The SMILES string of the molecule is COC(=O)c1nc(C)cc(Oc2cc(F)c(Br)cc2N)n1. The number of hydrogen-bond acceptors (Lipinski definition) is 6. The molecule has 0 saturated heterocycles. The van der Waals surface area contributed by atoms with E-state index in [1.807, 2.05) is 0 Å². The van der Waals surface area contributed by atoms with Gasteiger partial charge in [-0.05, 0) is 28.9 Å². The van der Waals surface area contributed by atoms with Crippen LogP contribution in [-0.4, -0.2) is 23.0 Å². The Morgan fingerprint density at radius 1 is 1.33 bits per heavy atom. The van der Waals surface area contributed by atoms with Gasteiger partial charge in [0.25, 0.3) is 0 Å². The number of aromatic nitrogens is 2. The van der Waals surface area contributed by atoms with Gasteiger partial charge in [0, 0.05) is 17.8 Å². The predicted octanol–water partition coefficient (Wildman–Crippen LogP) is 2.85. The molecule has 1 aromatic carbocycles. The minimum atomic E-state index is -0.696. The Hall–Kier alpha value is -2.22.